The molecule has 1 N–H and O–H groups in total. The van der Waals surface area contributed by atoms with Gasteiger partial charge in [0.1, 0.15) is 0 Å². The van der Waals surface area contributed by atoms with E-state index in [1.807, 2.05) is 30.3 Å². The van der Waals surface area contributed by atoms with E-state index in [9.17, 15) is 4.79 Å². The summed E-state index contributed by atoms with van der Waals surface area (Å²) in [6.45, 7) is 4.56. The van der Waals surface area contributed by atoms with Crippen LogP contribution in [0.3, 0.4) is 0 Å². The van der Waals surface area contributed by atoms with Crippen molar-refractivity contribution in [1.29, 1.82) is 0 Å². The van der Waals surface area contributed by atoms with E-state index in [-0.39, 0.29) is 11.9 Å². The number of likely N-dealkylation sites (tertiary alicyclic amines) is 1. The molecule has 1 aliphatic heterocycles. The molecule has 3 aromatic rings. The summed E-state index contributed by atoms with van der Waals surface area (Å²) in [5, 5.41) is 7.13. The molecular formula is C22H24N4O2S. The van der Waals surface area contributed by atoms with Crippen LogP contribution in [0.15, 0.2) is 64.0 Å². The Morgan fingerprint density at radius 2 is 2.00 bits per heavy atom. The molecule has 150 valence electrons. The minimum atomic E-state index is -0.0241. The molecule has 1 saturated heterocycles. The highest BCUT2D eigenvalue weighted by molar-refractivity contribution is 7.98. The third kappa shape index (κ3) is 5.25. The van der Waals surface area contributed by atoms with Crippen LogP contribution < -0.4 is 5.32 Å². The number of amides is 1. The van der Waals surface area contributed by atoms with E-state index in [4.69, 9.17) is 4.52 Å². The molecule has 0 bridgehead atoms. The van der Waals surface area contributed by atoms with Crippen LogP contribution in [0.1, 0.15) is 34.1 Å². The van der Waals surface area contributed by atoms with Crippen molar-refractivity contribution in [3.63, 3.8) is 0 Å². The molecule has 1 aliphatic rings. The average molecular weight is 409 g/mol. The highest BCUT2D eigenvalue weighted by Gasteiger charge is 2.25. The number of nitrogens with one attached hydrogen (secondary N) is 1. The van der Waals surface area contributed by atoms with Gasteiger partial charge in [0.2, 0.25) is 5.89 Å². The molecule has 1 amide bonds. The van der Waals surface area contributed by atoms with Crippen LogP contribution in [0.5, 0.6) is 0 Å². The van der Waals surface area contributed by atoms with Crippen LogP contribution in [-0.4, -0.2) is 40.1 Å². The first-order valence-corrected chi connectivity index (χ1v) is 10.7. The number of aryl methyl sites for hydroxylation is 1. The first-order chi connectivity index (χ1) is 14.2. The van der Waals surface area contributed by atoms with E-state index in [1.165, 1.54) is 5.56 Å². The molecule has 2 aromatic carbocycles. The van der Waals surface area contributed by atoms with Crippen LogP contribution in [0.25, 0.3) is 0 Å². The van der Waals surface area contributed by atoms with Gasteiger partial charge in [-0.25, -0.2) is 0 Å². The second-order valence-electron chi connectivity index (χ2n) is 7.19. The topological polar surface area (TPSA) is 71.3 Å². The summed E-state index contributed by atoms with van der Waals surface area (Å²) in [7, 11) is 0. The minimum Gasteiger partial charge on any atom is -0.348 e. The molecular weight excluding hydrogens is 384 g/mol. The number of hydrogen-bond donors (Lipinski definition) is 1. The minimum absolute atomic E-state index is 0.0241. The summed E-state index contributed by atoms with van der Waals surface area (Å²) in [5.41, 5.74) is 2.00. The summed E-state index contributed by atoms with van der Waals surface area (Å²) >= 11 is 1.55. The average Bonchev–Trinajstić information content (AvgIpc) is 3.36. The van der Waals surface area contributed by atoms with Gasteiger partial charge in [-0.1, -0.05) is 47.6 Å². The normalized spacial score (nSPS) is 16.8. The maximum absolute atomic E-state index is 12.9. The largest absolute Gasteiger partial charge is 0.348 e. The summed E-state index contributed by atoms with van der Waals surface area (Å²) < 4.78 is 5.01. The van der Waals surface area contributed by atoms with Crippen molar-refractivity contribution in [3.8, 4) is 0 Å². The molecule has 2 heterocycles. The van der Waals surface area contributed by atoms with E-state index in [0.717, 1.165) is 31.0 Å². The summed E-state index contributed by atoms with van der Waals surface area (Å²) in [4.78, 5) is 20.4. The number of carbonyl (C=O) groups is 1. The summed E-state index contributed by atoms with van der Waals surface area (Å²) in [5.74, 6) is 1.72. The van der Waals surface area contributed by atoms with Gasteiger partial charge in [0.05, 0.1) is 11.3 Å². The molecule has 1 atom stereocenters. The van der Waals surface area contributed by atoms with E-state index >= 15 is 0 Å². The van der Waals surface area contributed by atoms with Crippen molar-refractivity contribution in [2.75, 3.05) is 13.1 Å². The van der Waals surface area contributed by atoms with Crippen molar-refractivity contribution in [2.24, 2.45) is 0 Å². The molecule has 4 rings (SSSR count). The number of rotatable bonds is 7. The third-order valence-electron chi connectivity index (χ3n) is 4.91. The summed E-state index contributed by atoms with van der Waals surface area (Å²) in [6, 6.07) is 18.3. The van der Waals surface area contributed by atoms with Crippen molar-refractivity contribution in [2.45, 2.75) is 36.6 Å². The Bertz CT molecular complexity index is 960. The van der Waals surface area contributed by atoms with Crippen molar-refractivity contribution in [3.05, 3.63) is 77.4 Å². The standard InChI is InChI=1S/C22H24N4O2S/c1-16-23-21(25-28-16)15-29-20-10-6-5-9-19(20)22(27)24-18-11-12-26(14-18)13-17-7-3-2-4-8-17/h2-10,18H,11-15H2,1H3,(H,24,27). The Kier molecular flexibility index (Phi) is 6.27. The number of carbonyl (C=O) groups excluding carboxylic acids is 1. The molecule has 0 spiro atoms. The Morgan fingerprint density at radius 1 is 1.21 bits per heavy atom. The van der Waals surface area contributed by atoms with Gasteiger partial charge in [0.25, 0.3) is 5.91 Å². The van der Waals surface area contributed by atoms with Crippen molar-refractivity contribution in [1.82, 2.24) is 20.4 Å². The maximum Gasteiger partial charge on any atom is 0.252 e. The fraction of sp³-hybridized carbons (Fsp3) is 0.318. The predicted octanol–water partition coefficient (Wildman–Crippen LogP) is 3.67. The van der Waals surface area contributed by atoms with E-state index in [2.05, 4.69) is 44.6 Å². The van der Waals surface area contributed by atoms with Crippen molar-refractivity contribution >= 4 is 17.7 Å². The first-order valence-electron chi connectivity index (χ1n) is 9.75. The molecule has 1 fully saturated rings. The highest BCUT2D eigenvalue weighted by atomic mass is 32.2. The number of thioether (sulfide) groups is 1. The van der Waals surface area contributed by atoms with Gasteiger partial charge in [-0.3, -0.25) is 9.69 Å². The molecule has 29 heavy (non-hydrogen) atoms. The van der Waals surface area contributed by atoms with Gasteiger partial charge >= 0.3 is 0 Å². The molecule has 0 aliphatic carbocycles. The van der Waals surface area contributed by atoms with Crippen LogP contribution in [0, 0.1) is 6.92 Å². The predicted molar refractivity (Wildman–Crippen MR) is 113 cm³/mol. The summed E-state index contributed by atoms with van der Waals surface area (Å²) in [6.07, 6.45) is 0.968. The Morgan fingerprint density at radius 3 is 2.79 bits per heavy atom. The quantitative estimate of drug-likeness (QED) is 0.602. The second-order valence-corrected chi connectivity index (χ2v) is 8.21. The Balaban J connectivity index is 1.34. The lowest BCUT2D eigenvalue weighted by Gasteiger charge is -2.17. The molecule has 0 saturated carbocycles. The zero-order valence-electron chi connectivity index (χ0n) is 16.4. The fourth-order valence-electron chi connectivity index (χ4n) is 3.52. The lowest BCUT2D eigenvalue weighted by Crippen LogP contribution is -2.37. The molecule has 0 radical (unpaired) electrons. The van der Waals surface area contributed by atoms with Crippen LogP contribution >= 0.6 is 11.8 Å². The van der Waals surface area contributed by atoms with E-state index in [1.54, 1.807) is 18.7 Å². The van der Waals surface area contributed by atoms with Gasteiger partial charge in [-0.05, 0) is 24.1 Å². The SMILES string of the molecule is Cc1nc(CSc2ccccc2C(=O)NC2CCN(Cc3ccccc3)C2)no1. The fourth-order valence-corrected chi connectivity index (χ4v) is 4.41. The van der Waals surface area contributed by atoms with Gasteiger partial charge < -0.3 is 9.84 Å². The van der Waals surface area contributed by atoms with E-state index < -0.39 is 0 Å². The lowest BCUT2D eigenvalue weighted by atomic mass is 10.2. The van der Waals surface area contributed by atoms with Gasteiger partial charge in [0.15, 0.2) is 5.82 Å². The van der Waals surface area contributed by atoms with Gasteiger partial charge in [-0.2, -0.15) is 4.98 Å². The van der Waals surface area contributed by atoms with Gasteiger partial charge in [0, 0.05) is 37.5 Å². The van der Waals surface area contributed by atoms with E-state index in [0.29, 0.717) is 23.0 Å². The lowest BCUT2D eigenvalue weighted by molar-refractivity contribution is 0.0934. The Labute approximate surface area is 174 Å². The second kappa shape index (κ2) is 9.24. The Hall–Kier alpha value is -2.64. The van der Waals surface area contributed by atoms with Crippen LogP contribution in [0.2, 0.25) is 0 Å². The van der Waals surface area contributed by atoms with Crippen LogP contribution in [-0.2, 0) is 12.3 Å². The third-order valence-corrected chi connectivity index (χ3v) is 5.98. The first kappa shape index (κ1) is 19.7. The monoisotopic (exact) mass is 408 g/mol. The zero-order valence-corrected chi connectivity index (χ0v) is 17.2. The van der Waals surface area contributed by atoms with Gasteiger partial charge in [-0.15, -0.1) is 11.8 Å². The molecule has 1 unspecified atom stereocenters. The highest BCUT2D eigenvalue weighted by Crippen LogP contribution is 2.26. The molecule has 7 heteroatoms. The number of hydrogen-bond acceptors (Lipinski definition) is 6. The number of nitrogens with zero attached hydrogens (tertiary/aromatic N) is 3. The number of aromatic nitrogens is 2. The molecule has 6 nitrogen and oxygen atoms in total. The number of benzene rings is 2. The van der Waals surface area contributed by atoms with Crippen molar-refractivity contribution < 1.29 is 9.32 Å². The van der Waals surface area contributed by atoms with Crippen LogP contribution in [0.4, 0.5) is 0 Å². The maximum atomic E-state index is 12.9. The smallest absolute Gasteiger partial charge is 0.252 e. The zero-order chi connectivity index (χ0) is 20.1. The molecule has 1 aromatic heterocycles.